The van der Waals surface area contributed by atoms with Crippen molar-refractivity contribution in [2.75, 3.05) is 13.1 Å². The molecule has 0 radical (unpaired) electrons. The molecule has 0 saturated heterocycles. The first kappa shape index (κ1) is 13.0. The van der Waals surface area contributed by atoms with E-state index < -0.39 is 12.3 Å². The Kier molecular flexibility index (Phi) is 9.68. The predicted octanol–water partition coefficient (Wildman–Crippen LogP) is -6.36. The Bertz CT molecular complexity index is 97.3. The van der Waals surface area contributed by atoms with Gasteiger partial charge in [-0.3, -0.25) is 0 Å². The summed E-state index contributed by atoms with van der Waals surface area (Å²) in [5.41, 5.74) is 0. The maximum absolute atomic E-state index is 9.64. The van der Waals surface area contributed by atoms with Gasteiger partial charge in [0, 0.05) is 13.1 Å². The average Bonchev–Trinajstić information content (AvgIpc) is 1.63. The van der Waals surface area contributed by atoms with E-state index in [9.17, 15) is 9.90 Å². The second-order valence-electron chi connectivity index (χ2n) is 1.48. The Balaban J connectivity index is 0. The van der Waals surface area contributed by atoms with Gasteiger partial charge in [0.1, 0.15) is 0 Å². The van der Waals surface area contributed by atoms with Crippen LogP contribution in [0.3, 0.4) is 0 Å². The second-order valence-corrected chi connectivity index (χ2v) is 1.48. The van der Waals surface area contributed by atoms with Gasteiger partial charge in [-0.05, 0) is 0 Å². The standard InChI is InChI=1S/C4H9NO4.Na/c6-3(7)1-5-2-4(8)9;/h3,5-7H,1-2H2,(H,8,9);/q;+1/p-1. The Hall–Kier alpha value is 0.350. The molecule has 0 aromatic rings. The maximum Gasteiger partial charge on any atom is 1.00 e. The van der Waals surface area contributed by atoms with Crippen LogP contribution in [0.25, 0.3) is 0 Å². The third kappa shape index (κ3) is 11.2. The number of rotatable bonds is 4. The van der Waals surface area contributed by atoms with Crippen molar-refractivity contribution in [3.63, 3.8) is 0 Å². The number of aliphatic hydroxyl groups excluding tert-OH is 1. The first-order chi connectivity index (χ1) is 4.13. The fourth-order valence-corrected chi connectivity index (χ4v) is 0.303. The van der Waals surface area contributed by atoms with Crippen molar-refractivity contribution in [1.29, 1.82) is 0 Å². The molecule has 0 unspecified atom stereocenters. The third-order valence-corrected chi connectivity index (χ3v) is 0.596. The normalized spacial score (nSPS) is 9.10. The summed E-state index contributed by atoms with van der Waals surface area (Å²) in [7, 11) is 0. The minimum atomic E-state index is -1.51. The molecule has 0 aliphatic carbocycles. The Morgan fingerprint density at radius 2 is 2.10 bits per heavy atom. The van der Waals surface area contributed by atoms with Crippen LogP contribution in [-0.4, -0.2) is 35.6 Å². The number of hydrogen-bond acceptors (Lipinski definition) is 5. The fourth-order valence-electron chi connectivity index (χ4n) is 0.303. The van der Waals surface area contributed by atoms with Crippen molar-refractivity contribution < 1.29 is 49.7 Å². The summed E-state index contributed by atoms with van der Waals surface area (Å²) < 4.78 is 0. The zero-order valence-electron chi connectivity index (χ0n) is 5.70. The molecule has 0 aromatic carbocycles. The van der Waals surface area contributed by atoms with Crippen molar-refractivity contribution in [3.8, 4) is 0 Å². The van der Waals surface area contributed by atoms with Crippen molar-refractivity contribution in [1.82, 2.24) is 5.32 Å². The van der Waals surface area contributed by atoms with Crippen molar-refractivity contribution in [2.45, 2.75) is 6.29 Å². The minimum absolute atomic E-state index is 0. The Morgan fingerprint density at radius 3 is 2.40 bits per heavy atom. The van der Waals surface area contributed by atoms with Gasteiger partial charge in [0.25, 0.3) is 0 Å². The van der Waals surface area contributed by atoms with Crippen LogP contribution in [0.1, 0.15) is 0 Å². The first-order valence-corrected chi connectivity index (χ1v) is 2.39. The number of aliphatic carboxylic acids is 1. The summed E-state index contributed by atoms with van der Waals surface area (Å²) >= 11 is 0. The zero-order valence-corrected chi connectivity index (χ0v) is 7.70. The molecule has 54 valence electrons. The number of carboxylic acids is 1. The van der Waals surface area contributed by atoms with Gasteiger partial charge in [-0.2, -0.15) is 0 Å². The van der Waals surface area contributed by atoms with Crippen molar-refractivity contribution >= 4 is 5.97 Å². The van der Waals surface area contributed by atoms with Crippen LogP contribution in [0.15, 0.2) is 0 Å². The number of nitrogens with one attached hydrogen (secondary N) is 1. The Morgan fingerprint density at radius 1 is 1.60 bits per heavy atom. The van der Waals surface area contributed by atoms with E-state index in [1.165, 1.54) is 0 Å². The molecule has 5 nitrogen and oxygen atoms in total. The molecule has 0 rings (SSSR count). The number of carboxylic acid groups (broad SMARTS) is 1. The van der Waals surface area contributed by atoms with Crippen molar-refractivity contribution in [3.05, 3.63) is 0 Å². The summed E-state index contributed by atoms with van der Waals surface area (Å²) in [5.74, 6) is -1.27. The van der Waals surface area contributed by atoms with E-state index in [2.05, 4.69) is 5.32 Å². The first-order valence-electron chi connectivity index (χ1n) is 2.39. The molecule has 10 heavy (non-hydrogen) atoms. The van der Waals surface area contributed by atoms with Gasteiger partial charge in [-0.25, -0.2) is 0 Å². The van der Waals surface area contributed by atoms with Crippen molar-refractivity contribution in [2.24, 2.45) is 0 Å². The largest absolute Gasteiger partial charge is 1.00 e. The molecule has 0 bridgehead atoms. The molecule has 0 spiro atoms. The summed E-state index contributed by atoms with van der Waals surface area (Å²) in [6.45, 7) is -0.522. The van der Waals surface area contributed by atoms with Crippen LogP contribution in [-0.2, 0) is 4.79 Å². The molecule has 0 amide bonds. The predicted molar refractivity (Wildman–Crippen MR) is 26.1 cm³/mol. The second kappa shape index (κ2) is 7.46. The van der Waals surface area contributed by atoms with E-state index in [1.54, 1.807) is 0 Å². The van der Waals surface area contributed by atoms with Gasteiger partial charge in [0.05, 0.1) is 5.97 Å². The summed E-state index contributed by atoms with van der Waals surface area (Å²) in [5, 5.41) is 28.2. The van der Waals surface area contributed by atoms with Crippen LogP contribution in [0.2, 0.25) is 0 Å². The smallest absolute Gasteiger partial charge is 0.549 e. The third-order valence-electron chi connectivity index (χ3n) is 0.596. The molecule has 0 heterocycles. The quantitative estimate of drug-likeness (QED) is 0.279. The van der Waals surface area contributed by atoms with E-state index in [0.717, 1.165) is 0 Å². The van der Waals surface area contributed by atoms with Crippen LogP contribution < -0.4 is 40.0 Å². The zero-order chi connectivity index (χ0) is 7.28. The van der Waals surface area contributed by atoms with Crippen LogP contribution >= 0.6 is 0 Å². The number of carbonyl (C=O) groups excluding carboxylic acids is 1. The molecule has 0 aliphatic rings. The molecular formula is C4H8NNaO4. The molecule has 3 N–H and O–H groups in total. The molecular weight excluding hydrogens is 149 g/mol. The van der Waals surface area contributed by atoms with E-state index in [0.29, 0.717) is 0 Å². The minimum Gasteiger partial charge on any atom is -0.549 e. The van der Waals surface area contributed by atoms with E-state index in [-0.39, 0.29) is 42.6 Å². The van der Waals surface area contributed by atoms with Crippen LogP contribution in [0.4, 0.5) is 0 Å². The number of hydrogen-bond donors (Lipinski definition) is 3. The summed E-state index contributed by atoms with van der Waals surface area (Å²) in [6.07, 6.45) is -1.51. The van der Waals surface area contributed by atoms with E-state index in [1.807, 2.05) is 0 Å². The van der Waals surface area contributed by atoms with E-state index >= 15 is 0 Å². The average molecular weight is 157 g/mol. The van der Waals surface area contributed by atoms with E-state index in [4.69, 9.17) is 10.2 Å². The topological polar surface area (TPSA) is 92.6 Å². The summed E-state index contributed by atoms with van der Waals surface area (Å²) in [6, 6.07) is 0. The maximum atomic E-state index is 9.64. The molecule has 0 atom stereocenters. The summed E-state index contributed by atoms with van der Waals surface area (Å²) in [4.78, 5) is 9.64. The number of carbonyl (C=O) groups is 1. The molecule has 0 saturated carbocycles. The molecule has 6 heteroatoms. The van der Waals surface area contributed by atoms with Gasteiger partial charge in [-0.15, -0.1) is 0 Å². The van der Waals surface area contributed by atoms with Gasteiger partial charge >= 0.3 is 29.6 Å². The van der Waals surface area contributed by atoms with Gasteiger partial charge in [0.15, 0.2) is 6.29 Å². The SMILES string of the molecule is O=C([O-])CNCC(O)O.[Na+]. The molecule has 0 aromatic heterocycles. The Labute approximate surface area is 80.3 Å². The molecule has 0 fully saturated rings. The number of aliphatic hydroxyl groups is 2. The van der Waals surface area contributed by atoms with Gasteiger partial charge in [0.2, 0.25) is 0 Å². The molecule has 0 aliphatic heterocycles. The van der Waals surface area contributed by atoms with Crippen LogP contribution in [0.5, 0.6) is 0 Å². The fraction of sp³-hybridized carbons (Fsp3) is 0.750. The van der Waals surface area contributed by atoms with Crippen LogP contribution in [0, 0.1) is 0 Å². The van der Waals surface area contributed by atoms with Gasteiger partial charge < -0.3 is 25.4 Å². The monoisotopic (exact) mass is 157 g/mol. The van der Waals surface area contributed by atoms with Gasteiger partial charge in [-0.1, -0.05) is 0 Å².